The first-order chi connectivity index (χ1) is 14.2. The van der Waals surface area contributed by atoms with E-state index in [0.29, 0.717) is 9.35 Å². The highest BCUT2D eigenvalue weighted by molar-refractivity contribution is 9.11. The number of aromatic hydroxyl groups is 1. The van der Waals surface area contributed by atoms with Gasteiger partial charge >= 0.3 is 12.0 Å². The van der Waals surface area contributed by atoms with E-state index in [4.69, 9.17) is 9.47 Å². The van der Waals surface area contributed by atoms with E-state index in [1.165, 1.54) is 31.4 Å². The molecule has 2 heterocycles. The Bertz CT molecular complexity index is 1140. The molecule has 1 aliphatic heterocycles. The zero-order valence-corrected chi connectivity index (χ0v) is 19.0. The van der Waals surface area contributed by atoms with Gasteiger partial charge in [-0.2, -0.15) is 0 Å². The van der Waals surface area contributed by atoms with Gasteiger partial charge in [-0.3, -0.25) is 0 Å². The Hall–Kier alpha value is -2.57. The van der Waals surface area contributed by atoms with Gasteiger partial charge in [0, 0.05) is 5.70 Å². The zero-order chi connectivity index (χ0) is 22.1. The number of amides is 2. The van der Waals surface area contributed by atoms with Crippen molar-refractivity contribution in [1.82, 2.24) is 10.6 Å². The van der Waals surface area contributed by atoms with Crippen molar-refractivity contribution in [2.45, 2.75) is 10.3 Å². The molecule has 1 aliphatic rings. The molecule has 0 saturated carbocycles. The number of halogens is 1. The SMILES string of the molecule is COC(=O)C1=C(CS(=O)(=O)c2ccc(Br)s2)NC(=O)N[C@H]1c1ccc(O)c(OC)c1. The first-order valence-electron chi connectivity index (χ1n) is 8.40. The summed E-state index contributed by atoms with van der Waals surface area (Å²) in [6, 6.07) is 5.61. The van der Waals surface area contributed by atoms with Crippen molar-refractivity contribution in [3.63, 3.8) is 0 Å². The summed E-state index contributed by atoms with van der Waals surface area (Å²) in [5.41, 5.74) is 0.241. The number of phenols is 1. The standard InChI is InChI=1S/C18H17BrN2O7S2/c1-27-12-7-9(3-4-11(12)22)16-15(17(23)28-2)10(20-18(24)21-16)8-30(25,26)14-6-5-13(19)29-14/h3-7,16,22H,8H2,1-2H3,(H2,20,21,24)/t16-/m0/s1. The molecule has 1 atom stereocenters. The summed E-state index contributed by atoms with van der Waals surface area (Å²) < 4.78 is 36.3. The van der Waals surface area contributed by atoms with Crippen LogP contribution in [0.5, 0.6) is 11.5 Å². The number of benzene rings is 1. The third kappa shape index (κ3) is 4.45. The number of esters is 1. The average molecular weight is 517 g/mol. The lowest BCUT2D eigenvalue weighted by atomic mass is 9.95. The lowest BCUT2D eigenvalue weighted by Gasteiger charge is -2.29. The van der Waals surface area contributed by atoms with Gasteiger partial charge in [0.25, 0.3) is 0 Å². The molecular weight excluding hydrogens is 500 g/mol. The molecule has 1 aromatic heterocycles. The summed E-state index contributed by atoms with van der Waals surface area (Å²) in [5.74, 6) is -1.42. The molecule has 0 spiro atoms. The monoisotopic (exact) mass is 516 g/mol. The molecular formula is C18H17BrN2O7S2. The predicted octanol–water partition coefficient (Wildman–Crippen LogP) is 2.48. The minimum Gasteiger partial charge on any atom is -0.504 e. The summed E-state index contributed by atoms with van der Waals surface area (Å²) >= 11 is 4.24. The molecule has 0 aliphatic carbocycles. The van der Waals surface area contributed by atoms with Crippen LogP contribution in [0.2, 0.25) is 0 Å². The Morgan fingerprint density at radius 3 is 2.60 bits per heavy atom. The molecule has 2 aromatic rings. The molecule has 3 N–H and O–H groups in total. The Morgan fingerprint density at radius 2 is 2.00 bits per heavy atom. The largest absolute Gasteiger partial charge is 0.504 e. The summed E-state index contributed by atoms with van der Waals surface area (Å²) in [4.78, 5) is 24.8. The van der Waals surface area contributed by atoms with E-state index < -0.39 is 33.6 Å². The molecule has 0 saturated heterocycles. The number of carbonyl (C=O) groups is 2. The third-order valence-electron chi connectivity index (χ3n) is 4.29. The molecule has 3 rings (SSSR count). The van der Waals surface area contributed by atoms with Crippen molar-refractivity contribution in [1.29, 1.82) is 0 Å². The van der Waals surface area contributed by atoms with E-state index in [1.54, 1.807) is 6.07 Å². The predicted molar refractivity (Wildman–Crippen MR) is 112 cm³/mol. The van der Waals surface area contributed by atoms with Gasteiger partial charge in [-0.1, -0.05) is 6.07 Å². The minimum absolute atomic E-state index is 0.0657. The number of rotatable bonds is 6. The van der Waals surface area contributed by atoms with Crippen molar-refractivity contribution in [2.24, 2.45) is 0 Å². The van der Waals surface area contributed by atoms with Crippen LogP contribution in [0.4, 0.5) is 4.79 Å². The van der Waals surface area contributed by atoms with Crippen molar-refractivity contribution in [3.8, 4) is 11.5 Å². The number of thiophene rings is 1. The molecule has 2 amide bonds. The first kappa shape index (κ1) is 22.1. The number of hydrogen-bond donors (Lipinski definition) is 3. The van der Waals surface area contributed by atoms with Gasteiger partial charge in [0.2, 0.25) is 0 Å². The number of phenolic OH excluding ortho intramolecular Hbond substituents is 1. The van der Waals surface area contributed by atoms with Crippen molar-refractivity contribution >= 4 is 49.1 Å². The molecule has 30 heavy (non-hydrogen) atoms. The van der Waals surface area contributed by atoms with Crippen molar-refractivity contribution in [3.05, 3.63) is 51.0 Å². The van der Waals surface area contributed by atoms with Crippen LogP contribution in [0, 0.1) is 0 Å². The van der Waals surface area contributed by atoms with E-state index in [0.717, 1.165) is 18.4 Å². The molecule has 9 nitrogen and oxygen atoms in total. The third-order valence-corrected chi connectivity index (χ3v) is 8.13. The van der Waals surface area contributed by atoms with Gasteiger partial charge < -0.3 is 25.2 Å². The Labute approximate surface area is 184 Å². The van der Waals surface area contributed by atoms with Crippen molar-refractivity contribution in [2.75, 3.05) is 20.0 Å². The van der Waals surface area contributed by atoms with Gasteiger partial charge in [-0.15, -0.1) is 11.3 Å². The zero-order valence-electron chi connectivity index (χ0n) is 15.8. The van der Waals surface area contributed by atoms with Crippen LogP contribution in [0.15, 0.2) is 49.6 Å². The second kappa shape index (κ2) is 8.66. The fourth-order valence-electron chi connectivity index (χ4n) is 2.93. The number of carbonyl (C=O) groups excluding carboxylic acids is 2. The molecule has 160 valence electrons. The molecule has 0 fully saturated rings. The highest BCUT2D eigenvalue weighted by atomic mass is 79.9. The fraction of sp³-hybridized carbons (Fsp3) is 0.222. The molecule has 0 unspecified atom stereocenters. The van der Waals surface area contributed by atoms with Gasteiger partial charge in [0.15, 0.2) is 21.3 Å². The van der Waals surface area contributed by atoms with Gasteiger partial charge in [0.1, 0.15) is 4.21 Å². The van der Waals surface area contributed by atoms with Crippen molar-refractivity contribution < 1.29 is 32.6 Å². The molecule has 12 heteroatoms. The summed E-state index contributed by atoms with van der Waals surface area (Å²) in [6.45, 7) is 0. The highest BCUT2D eigenvalue weighted by Gasteiger charge is 2.36. The van der Waals surface area contributed by atoms with Gasteiger partial charge in [-0.05, 0) is 45.8 Å². The van der Waals surface area contributed by atoms with E-state index in [9.17, 15) is 23.1 Å². The van der Waals surface area contributed by atoms with Crippen LogP contribution >= 0.6 is 27.3 Å². The second-order valence-electron chi connectivity index (χ2n) is 6.16. The lowest BCUT2D eigenvalue weighted by Crippen LogP contribution is -2.47. The van der Waals surface area contributed by atoms with Crippen LogP contribution in [-0.2, 0) is 19.4 Å². The molecule has 0 bridgehead atoms. The van der Waals surface area contributed by atoms with Crippen LogP contribution in [-0.4, -0.2) is 45.5 Å². The average Bonchev–Trinajstić information content (AvgIpc) is 3.14. The first-order valence-corrected chi connectivity index (χ1v) is 11.7. The summed E-state index contributed by atoms with van der Waals surface area (Å²) in [6.07, 6.45) is 0. The number of nitrogens with one attached hydrogen (secondary N) is 2. The quantitative estimate of drug-likeness (QED) is 0.502. The molecule has 1 aromatic carbocycles. The highest BCUT2D eigenvalue weighted by Crippen LogP contribution is 2.35. The number of urea groups is 1. The maximum atomic E-state index is 12.8. The van der Waals surface area contributed by atoms with E-state index >= 15 is 0 Å². The summed E-state index contributed by atoms with van der Waals surface area (Å²) in [5, 5.41) is 14.8. The van der Waals surface area contributed by atoms with Crippen LogP contribution in [0.3, 0.4) is 0 Å². The lowest BCUT2D eigenvalue weighted by molar-refractivity contribution is -0.136. The second-order valence-corrected chi connectivity index (χ2v) is 10.8. The Balaban J connectivity index is 2.11. The Kier molecular flexibility index (Phi) is 6.38. The summed E-state index contributed by atoms with van der Waals surface area (Å²) in [7, 11) is -1.34. The van der Waals surface area contributed by atoms with Crippen LogP contribution in [0.25, 0.3) is 0 Å². The topological polar surface area (TPSA) is 131 Å². The van der Waals surface area contributed by atoms with Gasteiger partial charge in [0.05, 0.1) is 35.4 Å². The Morgan fingerprint density at radius 1 is 1.27 bits per heavy atom. The minimum atomic E-state index is -3.85. The maximum absolute atomic E-state index is 12.8. The normalized spacial score (nSPS) is 16.6. The van der Waals surface area contributed by atoms with Crippen LogP contribution in [0.1, 0.15) is 11.6 Å². The van der Waals surface area contributed by atoms with E-state index in [2.05, 4.69) is 26.6 Å². The maximum Gasteiger partial charge on any atom is 0.338 e. The number of ether oxygens (including phenoxy) is 2. The van der Waals surface area contributed by atoms with Crippen LogP contribution < -0.4 is 15.4 Å². The van der Waals surface area contributed by atoms with E-state index in [1.807, 2.05) is 0 Å². The number of hydrogen-bond acceptors (Lipinski definition) is 8. The smallest absolute Gasteiger partial charge is 0.338 e. The fourth-order valence-corrected chi connectivity index (χ4v) is 6.35. The van der Waals surface area contributed by atoms with Gasteiger partial charge in [-0.25, -0.2) is 18.0 Å². The molecule has 0 radical (unpaired) electrons. The number of sulfone groups is 1. The number of methoxy groups -OCH3 is 2. The van der Waals surface area contributed by atoms with E-state index in [-0.39, 0.29) is 27.0 Å².